The minimum atomic E-state index is 0.148. The normalized spacial score (nSPS) is 13.6. The highest BCUT2D eigenvalue weighted by Crippen LogP contribution is 2.24. The standard InChI is InChI=1S/C16H35N.C2H6/c1-4-7-9-10-11-12-15-16(17,13-6-3)14-8-5-2;1-2/h4-15,17H2,1-3H3;1-2H3. The molecule has 0 rings (SSSR count). The van der Waals surface area contributed by atoms with Crippen LogP contribution >= 0.6 is 0 Å². The van der Waals surface area contributed by atoms with Crippen molar-refractivity contribution in [2.45, 2.75) is 117 Å². The van der Waals surface area contributed by atoms with E-state index in [1.54, 1.807) is 0 Å². The van der Waals surface area contributed by atoms with E-state index in [0.29, 0.717) is 0 Å². The lowest BCUT2D eigenvalue weighted by molar-refractivity contribution is 0.314. The summed E-state index contributed by atoms with van der Waals surface area (Å²) in [5, 5.41) is 0. The monoisotopic (exact) mass is 271 g/mol. The molecule has 0 saturated heterocycles. The van der Waals surface area contributed by atoms with Gasteiger partial charge in [-0.3, -0.25) is 0 Å². The van der Waals surface area contributed by atoms with Crippen molar-refractivity contribution in [1.82, 2.24) is 0 Å². The van der Waals surface area contributed by atoms with Crippen LogP contribution in [0.5, 0.6) is 0 Å². The van der Waals surface area contributed by atoms with Crippen molar-refractivity contribution in [3.05, 3.63) is 0 Å². The first-order valence-corrected chi connectivity index (χ1v) is 8.97. The maximum Gasteiger partial charge on any atom is 0.0154 e. The van der Waals surface area contributed by atoms with Crippen LogP contribution in [0.1, 0.15) is 112 Å². The van der Waals surface area contributed by atoms with Gasteiger partial charge in [0.05, 0.1) is 0 Å². The van der Waals surface area contributed by atoms with Crippen LogP contribution in [0.15, 0.2) is 0 Å². The summed E-state index contributed by atoms with van der Waals surface area (Å²) >= 11 is 0. The van der Waals surface area contributed by atoms with E-state index >= 15 is 0 Å². The highest BCUT2D eigenvalue weighted by molar-refractivity contribution is 4.83. The maximum atomic E-state index is 6.54. The number of unbranched alkanes of at least 4 members (excludes halogenated alkanes) is 6. The van der Waals surface area contributed by atoms with Gasteiger partial charge in [-0.05, 0) is 19.3 Å². The molecule has 118 valence electrons. The summed E-state index contributed by atoms with van der Waals surface area (Å²) < 4.78 is 0. The average molecular weight is 272 g/mol. The SMILES string of the molecule is CC.CCCCCCCCC(N)(CCC)CCCC. The average Bonchev–Trinajstić information content (AvgIpc) is 2.43. The first kappa shape index (κ1) is 21.3. The topological polar surface area (TPSA) is 26.0 Å². The van der Waals surface area contributed by atoms with E-state index < -0.39 is 0 Å². The molecule has 0 aromatic carbocycles. The summed E-state index contributed by atoms with van der Waals surface area (Å²) in [7, 11) is 0. The van der Waals surface area contributed by atoms with Crippen LogP contribution in [-0.4, -0.2) is 5.54 Å². The molecular formula is C18H41N. The fourth-order valence-corrected chi connectivity index (χ4v) is 2.66. The second kappa shape index (κ2) is 16.0. The zero-order valence-electron chi connectivity index (χ0n) is 14.6. The zero-order chi connectivity index (χ0) is 15.0. The minimum absolute atomic E-state index is 0.148. The van der Waals surface area contributed by atoms with E-state index in [4.69, 9.17) is 5.73 Å². The molecule has 1 nitrogen and oxygen atoms in total. The molecule has 0 fully saturated rings. The summed E-state index contributed by atoms with van der Waals surface area (Å²) in [5.41, 5.74) is 6.68. The molecule has 0 spiro atoms. The Kier molecular flexibility index (Phi) is 17.9. The van der Waals surface area contributed by atoms with E-state index in [0.717, 1.165) is 0 Å². The van der Waals surface area contributed by atoms with Gasteiger partial charge < -0.3 is 5.73 Å². The number of hydrogen-bond acceptors (Lipinski definition) is 1. The molecule has 1 unspecified atom stereocenters. The largest absolute Gasteiger partial charge is 0.325 e. The van der Waals surface area contributed by atoms with Crippen LogP contribution < -0.4 is 5.73 Å². The fraction of sp³-hybridized carbons (Fsp3) is 1.00. The van der Waals surface area contributed by atoms with Gasteiger partial charge in [-0.25, -0.2) is 0 Å². The Bertz CT molecular complexity index is 156. The van der Waals surface area contributed by atoms with Gasteiger partial charge in [0.2, 0.25) is 0 Å². The Morgan fingerprint density at radius 3 is 1.58 bits per heavy atom. The van der Waals surface area contributed by atoms with E-state index in [1.165, 1.54) is 77.0 Å². The van der Waals surface area contributed by atoms with Gasteiger partial charge in [0.15, 0.2) is 0 Å². The van der Waals surface area contributed by atoms with Gasteiger partial charge in [0.25, 0.3) is 0 Å². The van der Waals surface area contributed by atoms with Crippen LogP contribution in [0.2, 0.25) is 0 Å². The van der Waals surface area contributed by atoms with Crippen LogP contribution in [-0.2, 0) is 0 Å². The van der Waals surface area contributed by atoms with Crippen molar-refractivity contribution in [1.29, 1.82) is 0 Å². The second-order valence-corrected chi connectivity index (χ2v) is 5.73. The summed E-state index contributed by atoms with van der Waals surface area (Å²) in [6, 6.07) is 0. The Hall–Kier alpha value is -0.0400. The van der Waals surface area contributed by atoms with Gasteiger partial charge in [0, 0.05) is 5.54 Å². The molecule has 19 heavy (non-hydrogen) atoms. The molecule has 1 atom stereocenters. The third kappa shape index (κ3) is 14.2. The molecule has 0 amide bonds. The first-order valence-electron chi connectivity index (χ1n) is 8.97. The van der Waals surface area contributed by atoms with Crippen molar-refractivity contribution in [2.24, 2.45) is 5.73 Å². The second-order valence-electron chi connectivity index (χ2n) is 5.73. The van der Waals surface area contributed by atoms with Crippen molar-refractivity contribution < 1.29 is 0 Å². The van der Waals surface area contributed by atoms with E-state index in [9.17, 15) is 0 Å². The smallest absolute Gasteiger partial charge is 0.0154 e. The fourth-order valence-electron chi connectivity index (χ4n) is 2.66. The number of nitrogens with two attached hydrogens (primary N) is 1. The molecule has 0 aliphatic rings. The van der Waals surface area contributed by atoms with Crippen LogP contribution in [0.3, 0.4) is 0 Å². The maximum absolute atomic E-state index is 6.54. The Morgan fingerprint density at radius 2 is 1.05 bits per heavy atom. The zero-order valence-corrected chi connectivity index (χ0v) is 14.6. The van der Waals surface area contributed by atoms with Crippen LogP contribution in [0.25, 0.3) is 0 Å². The lowest BCUT2D eigenvalue weighted by Crippen LogP contribution is -2.39. The Labute approximate surface area is 123 Å². The molecule has 0 radical (unpaired) electrons. The molecule has 0 saturated carbocycles. The molecule has 2 N–H and O–H groups in total. The van der Waals surface area contributed by atoms with E-state index in [2.05, 4.69) is 20.8 Å². The van der Waals surface area contributed by atoms with Crippen LogP contribution in [0, 0.1) is 0 Å². The van der Waals surface area contributed by atoms with E-state index in [-0.39, 0.29) is 5.54 Å². The minimum Gasteiger partial charge on any atom is -0.325 e. The summed E-state index contributed by atoms with van der Waals surface area (Å²) in [6.07, 6.45) is 15.8. The highest BCUT2D eigenvalue weighted by Gasteiger charge is 2.22. The molecule has 0 aromatic rings. The number of rotatable bonds is 12. The third-order valence-electron chi connectivity index (χ3n) is 3.80. The van der Waals surface area contributed by atoms with Crippen molar-refractivity contribution >= 4 is 0 Å². The van der Waals surface area contributed by atoms with Gasteiger partial charge in [-0.2, -0.15) is 0 Å². The lowest BCUT2D eigenvalue weighted by atomic mass is 9.84. The highest BCUT2D eigenvalue weighted by atomic mass is 14.7. The van der Waals surface area contributed by atoms with Gasteiger partial charge in [0.1, 0.15) is 0 Å². The quantitative estimate of drug-likeness (QED) is 0.405. The van der Waals surface area contributed by atoms with Crippen molar-refractivity contribution in [3.8, 4) is 0 Å². The first-order chi connectivity index (χ1) is 9.18. The summed E-state index contributed by atoms with van der Waals surface area (Å²) in [5.74, 6) is 0. The molecule has 0 aliphatic carbocycles. The van der Waals surface area contributed by atoms with E-state index in [1.807, 2.05) is 13.8 Å². The van der Waals surface area contributed by atoms with Gasteiger partial charge in [-0.15, -0.1) is 0 Å². The lowest BCUT2D eigenvalue weighted by Gasteiger charge is -2.29. The Balaban J connectivity index is 0. The molecule has 1 heteroatoms. The number of hydrogen-bond donors (Lipinski definition) is 1. The summed E-state index contributed by atoms with van der Waals surface area (Å²) in [4.78, 5) is 0. The van der Waals surface area contributed by atoms with Gasteiger partial charge >= 0.3 is 0 Å². The van der Waals surface area contributed by atoms with Crippen molar-refractivity contribution in [2.75, 3.05) is 0 Å². The third-order valence-corrected chi connectivity index (χ3v) is 3.80. The molecule has 0 aliphatic heterocycles. The predicted molar refractivity (Wildman–Crippen MR) is 90.7 cm³/mol. The molecule has 0 heterocycles. The molecule has 0 aromatic heterocycles. The van der Waals surface area contributed by atoms with Gasteiger partial charge in [-0.1, -0.05) is 92.4 Å². The Morgan fingerprint density at radius 1 is 0.579 bits per heavy atom. The summed E-state index contributed by atoms with van der Waals surface area (Å²) in [6.45, 7) is 10.8. The molecular weight excluding hydrogens is 230 g/mol. The van der Waals surface area contributed by atoms with Crippen LogP contribution in [0.4, 0.5) is 0 Å². The van der Waals surface area contributed by atoms with Crippen molar-refractivity contribution in [3.63, 3.8) is 0 Å². The predicted octanol–water partition coefficient (Wildman–Crippen LogP) is 6.45. The molecule has 0 bridgehead atoms.